The minimum atomic E-state index is 0.00742. The maximum absolute atomic E-state index is 12.2. The zero-order chi connectivity index (χ0) is 11.5. The van der Waals surface area contributed by atoms with Crippen LogP contribution in [-0.4, -0.2) is 35.1 Å². The van der Waals surface area contributed by atoms with Crippen LogP contribution in [0.3, 0.4) is 0 Å². The number of aliphatic hydroxyl groups is 1. The Morgan fingerprint density at radius 2 is 2.38 bits per heavy atom. The standard InChI is InChI=1S/C13H17NO2/c1-10-4-2-5-11(8-10)13(16)14-7-3-6-12(14)9-15/h2,4-5,8,12,15H,3,6-7,9H2,1H3/t12-/m1/s1. The number of amides is 1. The van der Waals surface area contributed by atoms with Crippen LogP contribution in [0.15, 0.2) is 24.3 Å². The summed E-state index contributed by atoms with van der Waals surface area (Å²) in [5.74, 6) is 0.0419. The van der Waals surface area contributed by atoms with Crippen LogP contribution in [0.4, 0.5) is 0 Å². The van der Waals surface area contributed by atoms with Crippen LogP contribution in [0.5, 0.6) is 0 Å². The van der Waals surface area contributed by atoms with E-state index >= 15 is 0 Å². The lowest BCUT2D eigenvalue weighted by molar-refractivity contribution is 0.0677. The summed E-state index contributed by atoms with van der Waals surface area (Å²) in [6, 6.07) is 7.61. The van der Waals surface area contributed by atoms with E-state index in [1.807, 2.05) is 31.2 Å². The average molecular weight is 219 g/mol. The molecule has 3 heteroatoms. The maximum atomic E-state index is 12.2. The number of aliphatic hydroxyl groups excluding tert-OH is 1. The fourth-order valence-corrected chi connectivity index (χ4v) is 2.24. The molecular weight excluding hydrogens is 202 g/mol. The van der Waals surface area contributed by atoms with E-state index in [0.717, 1.165) is 30.5 Å². The third kappa shape index (κ3) is 2.09. The second-order valence-electron chi connectivity index (χ2n) is 4.35. The Kier molecular flexibility index (Phi) is 3.25. The molecule has 1 aliphatic rings. The number of nitrogens with zero attached hydrogens (tertiary/aromatic N) is 1. The summed E-state index contributed by atoms with van der Waals surface area (Å²) in [4.78, 5) is 14.0. The van der Waals surface area contributed by atoms with Gasteiger partial charge in [-0.3, -0.25) is 4.79 Å². The molecular formula is C13H17NO2. The van der Waals surface area contributed by atoms with Gasteiger partial charge in [0.15, 0.2) is 0 Å². The molecule has 1 aromatic carbocycles. The molecule has 1 N–H and O–H groups in total. The van der Waals surface area contributed by atoms with Crippen molar-refractivity contribution in [3.05, 3.63) is 35.4 Å². The van der Waals surface area contributed by atoms with Gasteiger partial charge in [-0.2, -0.15) is 0 Å². The molecule has 16 heavy (non-hydrogen) atoms. The smallest absolute Gasteiger partial charge is 0.254 e. The van der Waals surface area contributed by atoms with Gasteiger partial charge in [0.05, 0.1) is 12.6 Å². The Labute approximate surface area is 95.7 Å². The first kappa shape index (κ1) is 11.1. The third-order valence-corrected chi connectivity index (χ3v) is 3.11. The highest BCUT2D eigenvalue weighted by Gasteiger charge is 2.28. The van der Waals surface area contributed by atoms with Crippen LogP contribution in [0.1, 0.15) is 28.8 Å². The minimum absolute atomic E-state index is 0.00742. The number of carbonyl (C=O) groups excluding carboxylic acids is 1. The van der Waals surface area contributed by atoms with Crippen molar-refractivity contribution < 1.29 is 9.90 Å². The summed E-state index contributed by atoms with van der Waals surface area (Å²) < 4.78 is 0. The van der Waals surface area contributed by atoms with Gasteiger partial charge in [-0.25, -0.2) is 0 Å². The van der Waals surface area contributed by atoms with E-state index < -0.39 is 0 Å². The Bertz CT molecular complexity index is 389. The number of benzene rings is 1. The summed E-state index contributed by atoms with van der Waals surface area (Å²) in [5.41, 5.74) is 1.81. The molecule has 1 atom stereocenters. The second-order valence-corrected chi connectivity index (χ2v) is 4.35. The van der Waals surface area contributed by atoms with Crippen molar-refractivity contribution >= 4 is 5.91 Å². The molecule has 86 valence electrons. The van der Waals surface area contributed by atoms with E-state index in [-0.39, 0.29) is 18.6 Å². The van der Waals surface area contributed by atoms with Gasteiger partial charge < -0.3 is 10.0 Å². The van der Waals surface area contributed by atoms with Gasteiger partial charge in [0.25, 0.3) is 5.91 Å². The summed E-state index contributed by atoms with van der Waals surface area (Å²) in [7, 11) is 0. The molecule has 1 aliphatic heterocycles. The Morgan fingerprint density at radius 1 is 1.56 bits per heavy atom. The van der Waals surface area contributed by atoms with Gasteiger partial charge in [0, 0.05) is 12.1 Å². The molecule has 1 fully saturated rings. The summed E-state index contributed by atoms with van der Waals surface area (Å²) in [5, 5.41) is 9.19. The molecule has 1 aromatic rings. The van der Waals surface area contributed by atoms with Gasteiger partial charge in [-0.15, -0.1) is 0 Å². The predicted molar refractivity (Wildman–Crippen MR) is 62.3 cm³/mol. The molecule has 0 bridgehead atoms. The molecule has 1 heterocycles. The fourth-order valence-electron chi connectivity index (χ4n) is 2.24. The van der Waals surface area contributed by atoms with Gasteiger partial charge in [-0.1, -0.05) is 17.7 Å². The first-order chi connectivity index (χ1) is 7.72. The van der Waals surface area contributed by atoms with Crippen molar-refractivity contribution in [2.24, 2.45) is 0 Å². The zero-order valence-electron chi connectivity index (χ0n) is 9.52. The van der Waals surface area contributed by atoms with E-state index in [0.29, 0.717) is 0 Å². The number of likely N-dealkylation sites (tertiary alicyclic amines) is 1. The Hall–Kier alpha value is -1.35. The monoisotopic (exact) mass is 219 g/mol. The van der Waals surface area contributed by atoms with Crippen molar-refractivity contribution in [2.75, 3.05) is 13.2 Å². The Morgan fingerprint density at radius 3 is 3.06 bits per heavy atom. The number of aryl methyl sites for hydroxylation is 1. The van der Waals surface area contributed by atoms with E-state index in [4.69, 9.17) is 0 Å². The molecule has 0 aliphatic carbocycles. The van der Waals surface area contributed by atoms with Crippen LogP contribution in [0.2, 0.25) is 0 Å². The van der Waals surface area contributed by atoms with Crippen molar-refractivity contribution in [2.45, 2.75) is 25.8 Å². The quantitative estimate of drug-likeness (QED) is 0.820. The number of rotatable bonds is 2. The lowest BCUT2D eigenvalue weighted by Gasteiger charge is -2.23. The molecule has 3 nitrogen and oxygen atoms in total. The van der Waals surface area contributed by atoms with Gasteiger partial charge in [0.1, 0.15) is 0 Å². The van der Waals surface area contributed by atoms with E-state index in [2.05, 4.69) is 0 Å². The van der Waals surface area contributed by atoms with Crippen molar-refractivity contribution in [3.8, 4) is 0 Å². The highest BCUT2D eigenvalue weighted by Crippen LogP contribution is 2.19. The lowest BCUT2D eigenvalue weighted by Crippen LogP contribution is -2.37. The minimum Gasteiger partial charge on any atom is -0.394 e. The van der Waals surface area contributed by atoms with Gasteiger partial charge in [-0.05, 0) is 31.9 Å². The summed E-state index contributed by atoms with van der Waals surface area (Å²) in [6.45, 7) is 2.81. The average Bonchev–Trinajstić information content (AvgIpc) is 2.76. The van der Waals surface area contributed by atoms with E-state index in [1.54, 1.807) is 4.90 Å². The van der Waals surface area contributed by atoms with Crippen LogP contribution < -0.4 is 0 Å². The topological polar surface area (TPSA) is 40.5 Å². The maximum Gasteiger partial charge on any atom is 0.254 e. The largest absolute Gasteiger partial charge is 0.394 e. The highest BCUT2D eigenvalue weighted by atomic mass is 16.3. The number of hydrogen-bond acceptors (Lipinski definition) is 2. The van der Waals surface area contributed by atoms with Gasteiger partial charge >= 0.3 is 0 Å². The Balaban J connectivity index is 2.18. The molecule has 1 amide bonds. The lowest BCUT2D eigenvalue weighted by atomic mass is 10.1. The fraction of sp³-hybridized carbons (Fsp3) is 0.462. The normalized spacial score (nSPS) is 20.1. The summed E-state index contributed by atoms with van der Waals surface area (Å²) in [6.07, 6.45) is 1.90. The van der Waals surface area contributed by atoms with Crippen molar-refractivity contribution in [1.29, 1.82) is 0 Å². The van der Waals surface area contributed by atoms with Gasteiger partial charge in [0.2, 0.25) is 0 Å². The third-order valence-electron chi connectivity index (χ3n) is 3.11. The second kappa shape index (κ2) is 4.66. The van der Waals surface area contributed by atoms with Crippen LogP contribution >= 0.6 is 0 Å². The SMILES string of the molecule is Cc1cccc(C(=O)N2CCC[C@@H]2CO)c1. The predicted octanol–water partition coefficient (Wildman–Crippen LogP) is 1.59. The van der Waals surface area contributed by atoms with Crippen LogP contribution in [0.25, 0.3) is 0 Å². The first-order valence-corrected chi connectivity index (χ1v) is 5.71. The van der Waals surface area contributed by atoms with Crippen LogP contribution in [0, 0.1) is 6.92 Å². The zero-order valence-corrected chi connectivity index (χ0v) is 9.52. The number of hydrogen-bond donors (Lipinski definition) is 1. The molecule has 0 spiro atoms. The molecule has 0 saturated carbocycles. The molecule has 1 saturated heterocycles. The molecule has 0 radical (unpaired) electrons. The van der Waals surface area contributed by atoms with E-state index in [9.17, 15) is 9.90 Å². The van der Waals surface area contributed by atoms with E-state index in [1.165, 1.54) is 0 Å². The van der Waals surface area contributed by atoms with Crippen LogP contribution in [-0.2, 0) is 0 Å². The summed E-state index contributed by atoms with van der Waals surface area (Å²) >= 11 is 0. The molecule has 0 unspecified atom stereocenters. The molecule has 0 aromatic heterocycles. The van der Waals surface area contributed by atoms with Crippen molar-refractivity contribution in [3.63, 3.8) is 0 Å². The first-order valence-electron chi connectivity index (χ1n) is 5.71. The van der Waals surface area contributed by atoms with Crippen molar-refractivity contribution in [1.82, 2.24) is 4.90 Å². The highest BCUT2D eigenvalue weighted by molar-refractivity contribution is 5.94. The number of carbonyl (C=O) groups is 1. The molecule has 2 rings (SSSR count).